The third-order valence-corrected chi connectivity index (χ3v) is 11.8. The van der Waals surface area contributed by atoms with Crippen molar-refractivity contribution in [3.8, 4) is 23.0 Å². The Kier molecular flexibility index (Phi) is 20.1. The van der Waals surface area contributed by atoms with Crippen molar-refractivity contribution >= 4 is 52.1 Å². The van der Waals surface area contributed by atoms with Gasteiger partial charge in [0.2, 0.25) is 0 Å². The molecule has 4 aromatic rings. The Morgan fingerprint density at radius 1 is 0.500 bits per heavy atom. The highest BCUT2D eigenvalue weighted by atomic mass is 79.9. The lowest BCUT2D eigenvalue weighted by Gasteiger charge is -2.17. The molecular weight excluding hydrogens is 896 g/mol. The number of methoxy groups -OCH3 is 4. The van der Waals surface area contributed by atoms with Gasteiger partial charge in [-0.1, -0.05) is 70.7 Å². The van der Waals surface area contributed by atoms with E-state index in [0.717, 1.165) is 32.9 Å². The van der Waals surface area contributed by atoms with Gasteiger partial charge in [-0.3, -0.25) is 8.37 Å². The van der Waals surface area contributed by atoms with E-state index in [-0.39, 0.29) is 23.0 Å². The minimum atomic E-state index is -3.85. The summed E-state index contributed by atoms with van der Waals surface area (Å²) < 4.78 is 94.8. The van der Waals surface area contributed by atoms with Crippen LogP contribution in [0.1, 0.15) is 50.7 Å². The summed E-state index contributed by atoms with van der Waals surface area (Å²) >= 11 is 6.58. The van der Waals surface area contributed by atoms with Crippen molar-refractivity contribution in [1.29, 1.82) is 0 Å². The van der Waals surface area contributed by atoms with Crippen molar-refractivity contribution in [3.05, 3.63) is 105 Å². The lowest BCUT2D eigenvalue weighted by Crippen LogP contribution is -2.24. The Morgan fingerprint density at radius 2 is 0.839 bits per heavy atom. The summed E-state index contributed by atoms with van der Waals surface area (Å²) in [7, 11) is -1.41. The van der Waals surface area contributed by atoms with Crippen LogP contribution >= 0.6 is 31.9 Å². The van der Waals surface area contributed by atoms with E-state index < -0.39 is 32.4 Å². The average Bonchev–Trinajstić information content (AvgIpc) is 3.18. The van der Waals surface area contributed by atoms with Crippen LogP contribution in [0.4, 0.5) is 0 Å². The van der Waals surface area contributed by atoms with Gasteiger partial charge in [-0.05, 0) is 96.8 Å². The fourth-order valence-corrected chi connectivity index (χ4v) is 7.90. The van der Waals surface area contributed by atoms with Crippen molar-refractivity contribution < 1.29 is 53.6 Å². The van der Waals surface area contributed by atoms with E-state index in [9.17, 15) is 16.8 Å². The van der Waals surface area contributed by atoms with Gasteiger partial charge in [-0.25, -0.2) is 0 Å². The molecule has 0 fully saturated rings. The van der Waals surface area contributed by atoms with Crippen LogP contribution in [0.3, 0.4) is 0 Å². The standard InChI is InChI=1S/2C20H25BrO6S/c2*1-4-5-17(27-28(22,23)18-9-7-16(21)8-10-18)14-26-13-15-6-11-19(24-2)20(12-15)25-3/h2*6-12,17H,4-5,13-14H2,1-3H3/t2*17-/m10/s1. The summed E-state index contributed by atoms with van der Waals surface area (Å²) in [6, 6.07) is 23.7. The molecular formula is C40H50Br2O12S2. The Morgan fingerprint density at radius 3 is 1.14 bits per heavy atom. The van der Waals surface area contributed by atoms with Gasteiger partial charge in [0.25, 0.3) is 20.2 Å². The monoisotopic (exact) mass is 944 g/mol. The number of halogens is 2. The summed E-state index contributed by atoms with van der Waals surface area (Å²) in [6.07, 6.45) is 1.58. The molecule has 0 spiro atoms. The van der Waals surface area contributed by atoms with Crippen molar-refractivity contribution in [1.82, 2.24) is 0 Å². The molecule has 16 heteroatoms. The molecule has 0 aliphatic carbocycles. The molecule has 4 aromatic carbocycles. The number of rotatable bonds is 22. The van der Waals surface area contributed by atoms with Crippen LogP contribution in [0, 0.1) is 0 Å². The van der Waals surface area contributed by atoms with E-state index in [4.69, 9.17) is 36.8 Å². The lowest BCUT2D eigenvalue weighted by molar-refractivity contribution is 0.0399. The normalized spacial score (nSPS) is 12.6. The van der Waals surface area contributed by atoms with Crippen molar-refractivity contribution in [2.75, 3.05) is 41.7 Å². The first-order valence-electron chi connectivity index (χ1n) is 17.7. The fourth-order valence-electron chi connectivity index (χ4n) is 5.19. The van der Waals surface area contributed by atoms with Crippen LogP contribution in [0.5, 0.6) is 23.0 Å². The molecule has 0 saturated carbocycles. The minimum absolute atomic E-state index is 0.122. The quantitative estimate of drug-likeness (QED) is 0.0694. The molecule has 0 saturated heterocycles. The van der Waals surface area contributed by atoms with Crippen LogP contribution < -0.4 is 18.9 Å². The second-order valence-corrected chi connectivity index (χ2v) is 17.2. The average molecular weight is 947 g/mol. The maximum Gasteiger partial charge on any atom is 0.297 e. The molecule has 0 radical (unpaired) electrons. The van der Waals surface area contributed by atoms with Gasteiger partial charge < -0.3 is 28.4 Å². The van der Waals surface area contributed by atoms with Gasteiger partial charge in [0.05, 0.1) is 64.7 Å². The Hall–Kier alpha value is -3.22. The number of hydrogen-bond donors (Lipinski definition) is 0. The summed E-state index contributed by atoms with van der Waals surface area (Å²) in [5.41, 5.74) is 1.78. The third kappa shape index (κ3) is 15.3. The van der Waals surface area contributed by atoms with Crippen molar-refractivity contribution in [3.63, 3.8) is 0 Å². The highest BCUT2D eigenvalue weighted by Crippen LogP contribution is 2.29. The third-order valence-electron chi connectivity index (χ3n) is 7.99. The maximum atomic E-state index is 12.5. The van der Waals surface area contributed by atoms with E-state index in [1.54, 1.807) is 64.8 Å². The van der Waals surface area contributed by atoms with E-state index in [0.29, 0.717) is 49.1 Å². The zero-order valence-electron chi connectivity index (χ0n) is 32.4. The van der Waals surface area contributed by atoms with Crippen LogP contribution in [-0.2, 0) is 51.3 Å². The van der Waals surface area contributed by atoms with E-state index in [2.05, 4.69) is 31.9 Å². The first kappa shape index (κ1) is 47.2. The molecule has 0 unspecified atom stereocenters. The highest BCUT2D eigenvalue weighted by Gasteiger charge is 2.23. The molecule has 308 valence electrons. The van der Waals surface area contributed by atoms with E-state index in [1.807, 2.05) is 38.1 Å². The summed E-state index contributed by atoms with van der Waals surface area (Å²) in [6.45, 7) is 4.88. The fraction of sp³-hybridized carbons (Fsp3) is 0.400. The topological polar surface area (TPSA) is 142 Å². The molecule has 0 N–H and O–H groups in total. The summed E-state index contributed by atoms with van der Waals surface area (Å²) in [5, 5.41) is 0. The largest absolute Gasteiger partial charge is 0.493 e. The van der Waals surface area contributed by atoms with Crippen molar-refractivity contribution in [2.45, 2.75) is 74.7 Å². The lowest BCUT2D eigenvalue weighted by atomic mass is 10.2. The predicted molar refractivity (Wildman–Crippen MR) is 221 cm³/mol. The molecule has 0 aliphatic rings. The van der Waals surface area contributed by atoms with Crippen LogP contribution in [0.2, 0.25) is 0 Å². The van der Waals surface area contributed by atoms with Crippen LogP contribution in [0.25, 0.3) is 0 Å². The number of benzene rings is 4. The zero-order chi connectivity index (χ0) is 41.1. The van der Waals surface area contributed by atoms with Crippen molar-refractivity contribution in [2.24, 2.45) is 0 Å². The maximum absolute atomic E-state index is 12.5. The molecule has 0 amide bonds. The summed E-state index contributed by atoms with van der Waals surface area (Å²) in [5.74, 6) is 2.50. The number of hydrogen-bond acceptors (Lipinski definition) is 12. The van der Waals surface area contributed by atoms with Gasteiger partial charge in [0.1, 0.15) is 12.2 Å². The predicted octanol–water partition coefficient (Wildman–Crippen LogP) is 9.11. The second kappa shape index (κ2) is 23.9. The first-order chi connectivity index (χ1) is 26.8. The molecule has 4 rings (SSSR count). The molecule has 0 aliphatic heterocycles. The van der Waals surface area contributed by atoms with Gasteiger partial charge in [0, 0.05) is 8.95 Å². The first-order valence-corrected chi connectivity index (χ1v) is 22.1. The van der Waals surface area contributed by atoms with E-state index >= 15 is 0 Å². The van der Waals surface area contributed by atoms with Gasteiger partial charge >= 0.3 is 0 Å². The van der Waals surface area contributed by atoms with Gasteiger partial charge in [-0.2, -0.15) is 16.8 Å². The van der Waals surface area contributed by atoms with Crippen LogP contribution in [-0.4, -0.2) is 70.7 Å². The number of ether oxygens (including phenoxy) is 6. The summed E-state index contributed by atoms with van der Waals surface area (Å²) in [4.78, 5) is 0.244. The highest BCUT2D eigenvalue weighted by molar-refractivity contribution is 9.10. The second-order valence-electron chi connectivity index (χ2n) is 12.2. The zero-order valence-corrected chi connectivity index (χ0v) is 37.2. The minimum Gasteiger partial charge on any atom is -0.493 e. The SMILES string of the molecule is CCC[C@@H](COCc1ccc(OC)c(OC)c1)OS(=O)(=O)c1ccc(Br)cc1.CCC[C@H](COCc1ccc(OC)c(OC)c1)OS(=O)(=O)c1ccc(Br)cc1. The van der Waals surface area contributed by atoms with Gasteiger partial charge in [-0.15, -0.1) is 0 Å². The van der Waals surface area contributed by atoms with E-state index in [1.165, 1.54) is 24.3 Å². The molecule has 2 atom stereocenters. The van der Waals surface area contributed by atoms with Gasteiger partial charge in [0.15, 0.2) is 23.0 Å². The molecule has 0 bridgehead atoms. The molecule has 0 heterocycles. The molecule has 12 nitrogen and oxygen atoms in total. The Labute approximate surface area is 348 Å². The molecule has 0 aromatic heterocycles. The Bertz CT molecular complexity index is 1850. The molecule has 56 heavy (non-hydrogen) atoms. The smallest absolute Gasteiger partial charge is 0.297 e. The Balaban J connectivity index is 0.000000300. The van der Waals surface area contributed by atoms with Crippen LogP contribution in [0.15, 0.2) is 104 Å².